The van der Waals surface area contributed by atoms with Crippen molar-refractivity contribution in [2.75, 3.05) is 0 Å². The molecule has 1 aromatic carbocycles. The van der Waals surface area contributed by atoms with E-state index in [-0.39, 0.29) is 0 Å². The predicted molar refractivity (Wildman–Crippen MR) is 60.6 cm³/mol. The maximum Gasteiger partial charge on any atom is 0.405 e. The summed E-state index contributed by atoms with van der Waals surface area (Å²) in [6.07, 6.45) is -0.441. The van der Waals surface area contributed by atoms with E-state index in [0.717, 1.165) is 6.29 Å². The SMILES string of the molecule is CC(C=O)C(NC(=O)O)c1ccc(Cl)cc1. The maximum atomic E-state index is 10.7. The number of halogens is 1. The third-order valence-electron chi connectivity index (χ3n) is 2.25. The van der Waals surface area contributed by atoms with E-state index in [2.05, 4.69) is 5.32 Å². The second-order valence-electron chi connectivity index (χ2n) is 3.47. The van der Waals surface area contributed by atoms with Crippen molar-refractivity contribution in [3.63, 3.8) is 0 Å². The molecule has 0 spiro atoms. The zero-order valence-electron chi connectivity index (χ0n) is 8.68. The fraction of sp³-hybridized carbons (Fsp3) is 0.273. The first kappa shape index (κ1) is 12.5. The van der Waals surface area contributed by atoms with Crippen LogP contribution in [0.15, 0.2) is 24.3 Å². The summed E-state index contributed by atoms with van der Waals surface area (Å²) in [6, 6.07) is 6.16. The maximum absolute atomic E-state index is 10.7. The lowest BCUT2D eigenvalue weighted by Gasteiger charge is -2.20. The summed E-state index contributed by atoms with van der Waals surface area (Å²) < 4.78 is 0. The molecule has 0 aliphatic rings. The Kier molecular flexibility index (Phi) is 4.31. The molecule has 0 aliphatic carbocycles. The van der Waals surface area contributed by atoms with Crippen LogP contribution in [0.25, 0.3) is 0 Å². The Balaban J connectivity index is 2.95. The van der Waals surface area contributed by atoms with Crippen LogP contribution in [-0.2, 0) is 4.79 Å². The summed E-state index contributed by atoms with van der Waals surface area (Å²) >= 11 is 5.73. The van der Waals surface area contributed by atoms with Crippen molar-refractivity contribution in [2.45, 2.75) is 13.0 Å². The van der Waals surface area contributed by atoms with Crippen molar-refractivity contribution in [3.05, 3.63) is 34.9 Å². The highest BCUT2D eigenvalue weighted by Crippen LogP contribution is 2.22. The van der Waals surface area contributed by atoms with Gasteiger partial charge in [0.2, 0.25) is 0 Å². The highest BCUT2D eigenvalue weighted by Gasteiger charge is 2.20. The number of hydrogen-bond acceptors (Lipinski definition) is 2. The van der Waals surface area contributed by atoms with Crippen molar-refractivity contribution in [1.82, 2.24) is 5.32 Å². The van der Waals surface area contributed by atoms with E-state index in [1.165, 1.54) is 0 Å². The minimum atomic E-state index is -1.16. The number of amides is 1. The van der Waals surface area contributed by atoms with E-state index in [1.54, 1.807) is 31.2 Å². The van der Waals surface area contributed by atoms with E-state index >= 15 is 0 Å². The number of carbonyl (C=O) groups is 2. The molecule has 0 saturated carbocycles. The Morgan fingerprint density at radius 3 is 2.44 bits per heavy atom. The van der Waals surface area contributed by atoms with E-state index in [0.29, 0.717) is 10.6 Å². The summed E-state index contributed by atoms with van der Waals surface area (Å²) in [7, 11) is 0. The van der Waals surface area contributed by atoms with Crippen LogP contribution in [0.2, 0.25) is 5.02 Å². The molecule has 0 aromatic heterocycles. The van der Waals surface area contributed by atoms with Crippen LogP contribution in [-0.4, -0.2) is 17.5 Å². The Bertz CT molecular complexity index is 377. The lowest BCUT2D eigenvalue weighted by molar-refractivity contribution is -0.111. The first-order chi connectivity index (χ1) is 7.54. The van der Waals surface area contributed by atoms with E-state index in [9.17, 15) is 9.59 Å². The van der Waals surface area contributed by atoms with Gasteiger partial charge in [0.05, 0.1) is 6.04 Å². The second kappa shape index (κ2) is 5.51. The lowest BCUT2D eigenvalue weighted by atomic mass is 9.96. The predicted octanol–water partition coefficient (Wildman–Crippen LogP) is 2.48. The topological polar surface area (TPSA) is 66.4 Å². The molecule has 1 rings (SSSR count). The molecule has 16 heavy (non-hydrogen) atoms. The van der Waals surface area contributed by atoms with E-state index in [1.807, 2.05) is 0 Å². The zero-order chi connectivity index (χ0) is 12.1. The number of aldehydes is 1. The van der Waals surface area contributed by atoms with Crippen molar-refractivity contribution < 1.29 is 14.7 Å². The molecular formula is C11H12ClNO3. The lowest BCUT2D eigenvalue weighted by Crippen LogP contribution is -2.31. The number of carboxylic acid groups (broad SMARTS) is 1. The van der Waals surface area contributed by atoms with Crippen molar-refractivity contribution in [3.8, 4) is 0 Å². The molecule has 0 radical (unpaired) electrons. The number of hydrogen-bond donors (Lipinski definition) is 2. The third-order valence-corrected chi connectivity index (χ3v) is 2.50. The fourth-order valence-corrected chi connectivity index (χ4v) is 1.53. The molecule has 1 aromatic rings. The number of carbonyl (C=O) groups excluding carboxylic acids is 1. The van der Waals surface area contributed by atoms with Gasteiger partial charge in [-0.3, -0.25) is 0 Å². The summed E-state index contributed by atoms with van der Waals surface area (Å²) in [4.78, 5) is 21.3. The van der Waals surface area contributed by atoms with Crippen LogP contribution in [0.5, 0.6) is 0 Å². The highest BCUT2D eigenvalue weighted by molar-refractivity contribution is 6.30. The summed E-state index contributed by atoms with van der Waals surface area (Å²) in [6.45, 7) is 1.65. The molecular weight excluding hydrogens is 230 g/mol. The smallest absolute Gasteiger partial charge is 0.405 e. The molecule has 0 bridgehead atoms. The fourth-order valence-electron chi connectivity index (χ4n) is 1.40. The number of nitrogens with one attached hydrogen (secondary N) is 1. The molecule has 1 amide bonds. The number of benzene rings is 1. The van der Waals surface area contributed by atoms with Crippen LogP contribution in [0.3, 0.4) is 0 Å². The van der Waals surface area contributed by atoms with Gasteiger partial charge in [0, 0.05) is 10.9 Å². The van der Waals surface area contributed by atoms with Crippen molar-refractivity contribution >= 4 is 24.0 Å². The van der Waals surface area contributed by atoms with Gasteiger partial charge in [-0.1, -0.05) is 30.7 Å². The van der Waals surface area contributed by atoms with Gasteiger partial charge in [-0.25, -0.2) is 4.79 Å². The van der Waals surface area contributed by atoms with Crippen LogP contribution in [0.1, 0.15) is 18.5 Å². The summed E-state index contributed by atoms with van der Waals surface area (Å²) in [5, 5.41) is 11.6. The van der Waals surface area contributed by atoms with Gasteiger partial charge < -0.3 is 15.2 Å². The van der Waals surface area contributed by atoms with Crippen LogP contribution >= 0.6 is 11.6 Å². The summed E-state index contributed by atoms with van der Waals surface area (Å²) in [5.74, 6) is -0.433. The van der Waals surface area contributed by atoms with Crippen LogP contribution in [0.4, 0.5) is 4.79 Å². The van der Waals surface area contributed by atoms with Gasteiger partial charge in [-0.05, 0) is 17.7 Å². The molecule has 2 N–H and O–H groups in total. The monoisotopic (exact) mass is 241 g/mol. The number of rotatable bonds is 4. The first-order valence-corrected chi connectivity index (χ1v) is 5.12. The van der Waals surface area contributed by atoms with Gasteiger partial charge >= 0.3 is 6.09 Å². The molecule has 0 heterocycles. The molecule has 5 heteroatoms. The minimum Gasteiger partial charge on any atom is -0.465 e. The second-order valence-corrected chi connectivity index (χ2v) is 3.91. The summed E-state index contributed by atoms with van der Waals surface area (Å²) in [5.41, 5.74) is 0.714. The van der Waals surface area contributed by atoms with Crippen molar-refractivity contribution in [1.29, 1.82) is 0 Å². The van der Waals surface area contributed by atoms with Gasteiger partial charge in [-0.2, -0.15) is 0 Å². The van der Waals surface area contributed by atoms with E-state index in [4.69, 9.17) is 16.7 Å². The van der Waals surface area contributed by atoms with Gasteiger partial charge in [0.15, 0.2) is 0 Å². The minimum absolute atomic E-state index is 0.433. The van der Waals surface area contributed by atoms with Gasteiger partial charge in [0.1, 0.15) is 6.29 Å². The first-order valence-electron chi connectivity index (χ1n) is 4.75. The molecule has 2 atom stereocenters. The Hall–Kier alpha value is -1.55. The normalized spacial score (nSPS) is 13.9. The Labute approximate surface area is 98.2 Å². The van der Waals surface area contributed by atoms with E-state index < -0.39 is 18.1 Å². The Morgan fingerprint density at radius 2 is 2.00 bits per heavy atom. The van der Waals surface area contributed by atoms with Gasteiger partial charge in [-0.15, -0.1) is 0 Å². The average molecular weight is 242 g/mol. The van der Waals surface area contributed by atoms with Crippen LogP contribution in [0, 0.1) is 5.92 Å². The molecule has 4 nitrogen and oxygen atoms in total. The zero-order valence-corrected chi connectivity index (χ0v) is 9.44. The molecule has 2 unspecified atom stereocenters. The quantitative estimate of drug-likeness (QED) is 0.796. The largest absolute Gasteiger partial charge is 0.465 e. The van der Waals surface area contributed by atoms with Crippen molar-refractivity contribution in [2.24, 2.45) is 5.92 Å². The standard InChI is InChI=1S/C11H12ClNO3/c1-7(6-14)10(13-11(15)16)8-2-4-9(12)5-3-8/h2-7,10,13H,1H3,(H,15,16). The third kappa shape index (κ3) is 3.24. The Morgan fingerprint density at radius 1 is 1.44 bits per heavy atom. The average Bonchev–Trinajstić information content (AvgIpc) is 2.26. The molecule has 86 valence electrons. The molecule has 0 fully saturated rings. The molecule has 0 aliphatic heterocycles. The van der Waals surface area contributed by atoms with Gasteiger partial charge in [0.25, 0.3) is 0 Å². The highest BCUT2D eigenvalue weighted by atomic mass is 35.5. The van der Waals surface area contributed by atoms with Crippen LogP contribution < -0.4 is 5.32 Å². The molecule has 0 saturated heterocycles.